The van der Waals surface area contributed by atoms with Gasteiger partial charge in [-0.05, 0) is 45.1 Å². The van der Waals surface area contributed by atoms with Crippen LogP contribution in [-0.4, -0.2) is 87.6 Å². The molecule has 0 radical (unpaired) electrons. The minimum atomic E-state index is -1.48. The number of aliphatic carboxylic acids is 3. The van der Waals surface area contributed by atoms with Crippen molar-refractivity contribution in [1.82, 2.24) is 16.0 Å². The van der Waals surface area contributed by atoms with Crippen molar-refractivity contribution in [3.8, 4) is 0 Å². The summed E-state index contributed by atoms with van der Waals surface area (Å²) in [6.07, 6.45) is -1.32. The van der Waals surface area contributed by atoms with E-state index in [0.29, 0.717) is 19.4 Å². The van der Waals surface area contributed by atoms with Gasteiger partial charge in [-0.15, -0.1) is 0 Å². The van der Waals surface area contributed by atoms with Gasteiger partial charge in [0.25, 0.3) is 0 Å². The lowest BCUT2D eigenvalue weighted by Crippen LogP contribution is -2.57. The van der Waals surface area contributed by atoms with Crippen LogP contribution < -0.4 is 33.2 Å². The monoisotopic (exact) mass is 532 g/mol. The third-order valence-electron chi connectivity index (χ3n) is 5.16. The van der Waals surface area contributed by atoms with E-state index >= 15 is 0 Å². The second kappa shape index (κ2) is 17.6. The number of carbonyl (C=O) groups excluding carboxylic acids is 4. The standard InChI is InChI=1S/C21H36N6O10/c22-10-2-1-3-14(21(36)37)27-20(35)12(5-7-15(24)28)26-19(34)13(6-9-17(31)32)25-18(33)11(23)4-8-16(29)30/h11-14H,1-10,22-23H2,(H2,24,28)(H,25,33)(H,26,34)(H,27,35)(H,29,30)(H,31,32)(H,36,37). The summed E-state index contributed by atoms with van der Waals surface area (Å²) in [5.41, 5.74) is 16.1. The van der Waals surface area contributed by atoms with E-state index in [0.717, 1.165) is 0 Å². The highest BCUT2D eigenvalue weighted by atomic mass is 16.4. The zero-order valence-corrected chi connectivity index (χ0v) is 20.3. The van der Waals surface area contributed by atoms with Crippen LogP contribution in [0.1, 0.15) is 57.8 Å². The maximum atomic E-state index is 12.9. The molecule has 0 saturated heterocycles. The van der Waals surface area contributed by atoms with Crippen LogP contribution in [0, 0.1) is 0 Å². The van der Waals surface area contributed by atoms with Gasteiger partial charge in [0.1, 0.15) is 18.1 Å². The molecule has 0 heterocycles. The summed E-state index contributed by atoms with van der Waals surface area (Å²) in [5.74, 6) is -7.47. The summed E-state index contributed by atoms with van der Waals surface area (Å²) < 4.78 is 0. The number of carboxylic acids is 3. The number of unbranched alkanes of at least 4 members (excludes halogenated alkanes) is 1. The lowest BCUT2D eigenvalue weighted by atomic mass is 10.0. The van der Waals surface area contributed by atoms with Gasteiger partial charge in [0.2, 0.25) is 23.6 Å². The minimum Gasteiger partial charge on any atom is -0.481 e. The third kappa shape index (κ3) is 15.0. The first-order valence-electron chi connectivity index (χ1n) is 11.6. The van der Waals surface area contributed by atoms with Crippen molar-refractivity contribution in [1.29, 1.82) is 0 Å². The smallest absolute Gasteiger partial charge is 0.326 e. The van der Waals surface area contributed by atoms with E-state index in [1.807, 2.05) is 0 Å². The van der Waals surface area contributed by atoms with Crippen LogP contribution in [0.5, 0.6) is 0 Å². The molecule has 210 valence electrons. The number of nitrogens with one attached hydrogen (secondary N) is 3. The van der Waals surface area contributed by atoms with Crippen molar-refractivity contribution in [2.45, 2.75) is 82.0 Å². The summed E-state index contributed by atoms with van der Waals surface area (Å²) in [6.45, 7) is 0.320. The quantitative estimate of drug-likeness (QED) is 0.0708. The number of carbonyl (C=O) groups is 7. The molecule has 16 heteroatoms. The molecular weight excluding hydrogens is 496 g/mol. The Balaban J connectivity index is 5.59. The molecule has 0 aliphatic heterocycles. The molecular formula is C21H36N6O10. The van der Waals surface area contributed by atoms with Crippen LogP contribution in [-0.2, 0) is 33.6 Å². The van der Waals surface area contributed by atoms with Gasteiger partial charge in [-0.3, -0.25) is 28.8 Å². The average molecular weight is 533 g/mol. The normalized spacial score (nSPS) is 13.9. The van der Waals surface area contributed by atoms with E-state index in [1.165, 1.54) is 0 Å². The molecule has 0 aromatic rings. The van der Waals surface area contributed by atoms with Crippen LogP contribution >= 0.6 is 0 Å². The Hall–Kier alpha value is -3.79. The molecule has 0 aliphatic rings. The number of hydrogen-bond acceptors (Lipinski definition) is 9. The lowest BCUT2D eigenvalue weighted by Gasteiger charge is -2.25. The van der Waals surface area contributed by atoms with E-state index in [2.05, 4.69) is 16.0 Å². The van der Waals surface area contributed by atoms with Gasteiger partial charge >= 0.3 is 17.9 Å². The summed E-state index contributed by atoms with van der Waals surface area (Å²) in [4.78, 5) is 82.5. The molecule has 0 fully saturated rings. The predicted molar refractivity (Wildman–Crippen MR) is 126 cm³/mol. The molecule has 12 N–H and O–H groups in total. The van der Waals surface area contributed by atoms with E-state index in [9.17, 15) is 38.7 Å². The number of carboxylic acid groups (broad SMARTS) is 3. The lowest BCUT2D eigenvalue weighted by molar-refractivity contribution is -0.142. The Morgan fingerprint density at radius 1 is 0.622 bits per heavy atom. The summed E-state index contributed by atoms with van der Waals surface area (Å²) in [7, 11) is 0. The van der Waals surface area contributed by atoms with Crippen LogP contribution in [0.3, 0.4) is 0 Å². The summed E-state index contributed by atoms with van der Waals surface area (Å²) >= 11 is 0. The first-order valence-corrected chi connectivity index (χ1v) is 11.6. The molecule has 0 spiro atoms. The molecule has 16 nitrogen and oxygen atoms in total. The first-order chi connectivity index (χ1) is 17.3. The van der Waals surface area contributed by atoms with Crippen LogP contribution in [0.15, 0.2) is 0 Å². The van der Waals surface area contributed by atoms with Crippen molar-refractivity contribution in [2.75, 3.05) is 6.54 Å². The predicted octanol–water partition coefficient (Wildman–Crippen LogP) is -3.02. The van der Waals surface area contributed by atoms with Gasteiger partial charge < -0.3 is 48.5 Å². The molecule has 0 aliphatic carbocycles. The fourth-order valence-electron chi connectivity index (χ4n) is 3.08. The van der Waals surface area contributed by atoms with Crippen LogP contribution in [0.2, 0.25) is 0 Å². The fourth-order valence-corrected chi connectivity index (χ4v) is 3.08. The Labute approximate surface area is 212 Å². The van der Waals surface area contributed by atoms with Gasteiger partial charge in [-0.25, -0.2) is 4.79 Å². The first kappa shape index (κ1) is 33.2. The second-order valence-electron chi connectivity index (χ2n) is 8.28. The van der Waals surface area contributed by atoms with Gasteiger partial charge in [-0.2, -0.15) is 0 Å². The Morgan fingerprint density at radius 2 is 1.08 bits per heavy atom. The largest absolute Gasteiger partial charge is 0.481 e. The third-order valence-corrected chi connectivity index (χ3v) is 5.16. The Kier molecular flexibility index (Phi) is 15.8. The van der Waals surface area contributed by atoms with E-state index in [1.54, 1.807) is 0 Å². The van der Waals surface area contributed by atoms with E-state index < -0.39 is 85.0 Å². The maximum Gasteiger partial charge on any atom is 0.326 e. The van der Waals surface area contributed by atoms with E-state index in [-0.39, 0.29) is 25.7 Å². The van der Waals surface area contributed by atoms with Crippen molar-refractivity contribution in [3.05, 3.63) is 0 Å². The van der Waals surface area contributed by atoms with Crippen molar-refractivity contribution in [2.24, 2.45) is 17.2 Å². The SMILES string of the molecule is NCCCCC(NC(=O)C(CCC(N)=O)NC(=O)C(CCC(=O)O)NC(=O)C(N)CCC(=O)O)C(=O)O. The van der Waals surface area contributed by atoms with Gasteiger partial charge in [-0.1, -0.05) is 0 Å². The van der Waals surface area contributed by atoms with Crippen molar-refractivity contribution < 1.29 is 48.9 Å². The Morgan fingerprint density at radius 3 is 1.54 bits per heavy atom. The minimum absolute atomic E-state index is 0.0558. The van der Waals surface area contributed by atoms with Crippen molar-refractivity contribution in [3.63, 3.8) is 0 Å². The fraction of sp³-hybridized carbons (Fsp3) is 0.667. The van der Waals surface area contributed by atoms with Gasteiger partial charge in [0.05, 0.1) is 6.04 Å². The molecule has 0 rings (SSSR count). The van der Waals surface area contributed by atoms with Gasteiger partial charge in [0, 0.05) is 19.3 Å². The molecule has 0 saturated carbocycles. The molecule has 4 unspecified atom stereocenters. The highest BCUT2D eigenvalue weighted by molar-refractivity contribution is 5.94. The molecule has 0 aromatic heterocycles. The van der Waals surface area contributed by atoms with Gasteiger partial charge in [0.15, 0.2) is 0 Å². The maximum absolute atomic E-state index is 12.9. The van der Waals surface area contributed by atoms with Crippen LogP contribution in [0.25, 0.3) is 0 Å². The molecule has 4 amide bonds. The van der Waals surface area contributed by atoms with Crippen LogP contribution in [0.4, 0.5) is 0 Å². The number of rotatable bonds is 20. The number of amides is 4. The Bertz CT molecular complexity index is 837. The zero-order chi connectivity index (χ0) is 28.5. The molecule has 4 atom stereocenters. The average Bonchev–Trinajstić information content (AvgIpc) is 2.81. The van der Waals surface area contributed by atoms with Crippen molar-refractivity contribution >= 4 is 41.5 Å². The molecule has 37 heavy (non-hydrogen) atoms. The second-order valence-corrected chi connectivity index (χ2v) is 8.28. The molecule has 0 bridgehead atoms. The highest BCUT2D eigenvalue weighted by Gasteiger charge is 2.30. The molecule has 0 aromatic carbocycles. The number of primary amides is 1. The highest BCUT2D eigenvalue weighted by Crippen LogP contribution is 2.07. The zero-order valence-electron chi connectivity index (χ0n) is 20.3. The topological polar surface area (TPSA) is 294 Å². The van der Waals surface area contributed by atoms with E-state index in [4.69, 9.17) is 27.4 Å². The number of nitrogens with two attached hydrogens (primary N) is 3. The summed E-state index contributed by atoms with van der Waals surface area (Å²) in [5, 5.41) is 33.9. The summed E-state index contributed by atoms with van der Waals surface area (Å²) in [6, 6.07) is -5.54. The number of hydrogen-bond donors (Lipinski definition) is 9.